The minimum atomic E-state index is -4.46. The molecular weight excluding hydrogens is 1060 g/mol. The van der Waals surface area contributed by atoms with E-state index in [9.17, 15) is 19.0 Å². The fraction of sp³-hybridized carbons (Fsp3) is 0.784. The Labute approximate surface area is 520 Å². The summed E-state index contributed by atoms with van der Waals surface area (Å²) in [6, 6.07) is -0.857. The first-order valence-electron chi connectivity index (χ1n) is 35.4. The van der Waals surface area contributed by atoms with E-state index < -0.39 is 20.0 Å². The quantitative estimate of drug-likeness (QED) is 0.0205. The molecule has 0 aromatic carbocycles. The molecule has 0 aliphatic carbocycles. The Morgan fingerprint density at radius 3 is 1.11 bits per heavy atom. The van der Waals surface area contributed by atoms with Crippen LogP contribution in [0.3, 0.4) is 0 Å². The van der Waals surface area contributed by atoms with Gasteiger partial charge in [0.1, 0.15) is 19.3 Å². The van der Waals surface area contributed by atoms with Crippen LogP contribution < -0.4 is 5.32 Å². The molecule has 84 heavy (non-hydrogen) atoms. The van der Waals surface area contributed by atoms with Crippen molar-refractivity contribution >= 4 is 19.7 Å². The molecule has 0 spiro atoms. The number of likely N-dealkylation sites (N-methyl/N-ethyl adjacent to an activating group) is 1. The van der Waals surface area contributed by atoms with Crippen LogP contribution in [-0.2, 0) is 27.9 Å². The van der Waals surface area contributed by atoms with Gasteiger partial charge < -0.3 is 19.4 Å². The van der Waals surface area contributed by atoms with Gasteiger partial charge in [-0.1, -0.05) is 286 Å². The highest BCUT2D eigenvalue weighted by Gasteiger charge is 2.30. The number of quaternary nitrogens is 1. The minimum absolute atomic E-state index is 0.0362. The molecule has 1 amide bonds. The summed E-state index contributed by atoms with van der Waals surface area (Å²) in [5.41, 5.74) is 0. The van der Waals surface area contributed by atoms with Gasteiger partial charge in [0.25, 0.3) is 0 Å². The van der Waals surface area contributed by atoms with Crippen LogP contribution in [0.4, 0.5) is 0 Å². The van der Waals surface area contributed by atoms with E-state index in [0.717, 1.165) is 96.3 Å². The van der Waals surface area contributed by atoms with Gasteiger partial charge in [0.05, 0.1) is 33.8 Å². The van der Waals surface area contributed by atoms with Gasteiger partial charge in [0.15, 0.2) is 0 Å². The predicted molar refractivity (Wildman–Crippen MR) is 364 cm³/mol. The standard InChI is InChI=1S/C74H135N2O7P/c1-7-10-13-16-19-22-25-28-30-32-34-36-37-38-39-41-42-44-46-48-51-54-57-60-63-66-73(77)75-71(70-82-84(79,80)81-69-68-76(4,5)6)72(65-62-59-56-53-50-27-24-21-18-15-12-9-3)83-74(78)67-64-61-58-55-52-49-47-45-43-40-35-33-31-29-26-23-20-17-14-11-8-2/h19-20,22-23,28-31,34-36,40,62,65,71-72H,7-18,21,24-27,32-33,37-39,41-61,63-64,66-70H2,1-6H3,(H-,75,77,79,80)/p+1/b22-19-,23-20-,30-28-,31-29-,36-34-,40-35-,65-62-. The zero-order chi connectivity index (χ0) is 61.4. The summed E-state index contributed by atoms with van der Waals surface area (Å²) in [5.74, 6) is -0.509. The topological polar surface area (TPSA) is 111 Å². The van der Waals surface area contributed by atoms with E-state index in [4.69, 9.17) is 13.8 Å². The van der Waals surface area contributed by atoms with E-state index in [1.807, 2.05) is 33.3 Å². The molecule has 9 nitrogen and oxygen atoms in total. The molecule has 2 N–H and O–H groups in total. The van der Waals surface area contributed by atoms with Gasteiger partial charge in [-0.3, -0.25) is 18.6 Å². The Morgan fingerprint density at radius 2 is 0.726 bits per heavy atom. The number of carbonyl (C=O) groups excluding carboxylic acids is 2. The summed E-state index contributed by atoms with van der Waals surface area (Å²) < 4.78 is 30.8. The lowest BCUT2D eigenvalue weighted by Crippen LogP contribution is -2.47. The van der Waals surface area contributed by atoms with Crippen LogP contribution in [0.15, 0.2) is 85.1 Å². The number of carbonyl (C=O) groups is 2. The zero-order valence-corrected chi connectivity index (χ0v) is 56.8. The van der Waals surface area contributed by atoms with Crippen LogP contribution in [0.5, 0.6) is 0 Å². The van der Waals surface area contributed by atoms with Gasteiger partial charge in [0, 0.05) is 12.8 Å². The second-order valence-electron chi connectivity index (χ2n) is 25.0. The number of unbranched alkanes of at least 4 members (excludes halogenated alkanes) is 36. The van der Waals surface area contributed by atoms with Crippen molar-refractivity contribution in [2.24, 2.45) is 0 Å². The number of nitrogens with one attached hydrogen (secondary N) is 1. The van der Waals surface area contributed by atoms with Crippen molar-refractivity contribution in [1.82, 2.24) is 5.32 Å². The van der Waals surface area contributed by atoms with Gasteiger partial charge >= 0.3 is 13.8 Å². The third-order valence-corrected chi connectivity index (χ3v) is 16.5. The highest BCUT2D eigenvalue weighted by Crippen LogP contribution is 2.43. The van der Waals surface area contributed by atoms with E-state index in [1.165, 1.54) is 193 Å². The third kappa shape index (κ3) is 63.7. The normalized spacial score (nSPS) is 14.0. The van der Waals surface area contributed by atoms with E-state index in [1.54, 1.807) is 0 Å². The molecule has 0 aromatic rings. The Morgan fingerprint density at radius 1 is 0.417 bits per heavy atom. The summed E-state index contributed by atoms with van der Waals surface area (Å²) in [6.07, 6.45) is 84.4. The van der Waals surface area contributed by atoms with Crippen molar-refractivity contribution in [1.29, 1.82) is 0 Å². The first-order valence-corrected chi connectivity index (χ1v) is 36.9. The molecule has 0 saturated heterocycles. The first kappa shape index (κ1) is 81.2. The van der Waals surface area contributed by atoms with E-state index in [0.29, 0.717) is 17.4 Å². The number of hydrogen-bond acceptors (Lipinski definition) is 6. The molecule has 0 aromatic heterocycles. The number of hydrogen-bond donors (Lipinski definition) is 2. The SMILES string of the molecule is CCCCC/C=C\C/C=C\C/C=C\CCCCCCCCCCCCCCC(=O)NC(COP(=O)(O)OCC[N+](C)(C)C)C(/C=C\CCCCCCCCCCCC)OC(=O)CCCCCCCCCC/C=C\C/C=C\C/C=C\CCCCC. The number of nitrogens with zero attached hydrogens (tertiary/aromatic N) is 1. The van der Waals surface area contributed by atoms with E-state index >= 15 is 0 Å². The maximum absolute atomic E-state index is 13.6. The van der Waals surface area contributed by atoms with Crippen LogP contribution in [0.25, 0.3) is 0 Å². The van der Waals surface area contributed by atoms with E-state index in [2.05, 4.69) is 99.0 Å². The lowest BCUT2D eigenvalue weighted by molar-refractivity contribution is -0.870. The summed E-state index contributed by atoms with van der Waals surface area (Å²) >= 11 is 0. The number of rotatable bonds is 64. The zero-order valence-electron chi connectivity index (χ0n) is 55.9. The minimum Gasteiger partial charge on any atom is -0.456 e. The van der Waals surface area contributed by atoms with Crippen LogP contribution in [0, 0.1) is 0 Å². The largest absolute Gasteiger partial charge is 0.472 e. The summed E-state index contributed by atoms with van der Waals surface area (Å²) in [4.78, 5) is 37.9. The number of phosphoric ester groups is 1. The molecule has 488 valence electrons. The molecule has 0 radical (unpaired) electrons. The number of ether oxygens (including phenoxy) is 1. The Bertz CT molecular complexity index is 1710. The molecular formula is C74H136N2O7P+. The highest BCUT2D eigenvalue weighted by molar-refractivity contribution is 7.47. The number of allylic oxidation sites excluding steroid dienone is 13. The van der Waals surface area contributed by atoms with Crippen LogP contribution in [0.1, 0.15) is 323 Å². The second-order valence-corrected chi connectivity index (χ2v) is 26.5. The maximum atomic E-state index is 13.6. The first-order chi connectivity index (χ1) is 40.9. The van der Waals surface area contributed by atoms with Crippen LogP contribution >= 0.6 is 7.82 Å². The number of amides is 1. The average Bonchev–Trinajstić information content (AvgIpc) is 3.64. The number of phosphoric acid groups is 1. The van der Waals surface area contributed by atoms with Crippen molar-refractivity contribution < 1.29 is 37.3 Å². The Balaban J connectivity index is 5.09. The summed E-state index contributed by atoms with van der Waals surface area (Å²) in [5, 5.41) is 3.07. The van der Waals surface area contributed by atoms with Crippen molar-refractivity contribution in [2.75, 3.05) is 40.9 Å². The molecule has 0 bridgehead atoms. The smallest absolute Gasteiger partial charge is 0.456 e. The molecule has 0 aliphatic rings. The fourth-order valence-electron chi connectivity index (χ4n) is 10.1. The van der Waals surface area contributed by atoms with Crippen LogP contribution in [0.2, 0.25) is 0 Å². The molecule has 0 aliphatic heterocycles. The molecule has 3 unspecified atom stereocenters. The fourth-order valence-corrected chi connectivity index (χ4v) is 10.8. The Hall–Kier alpha value is -2.81. The van der Waals surface area contributed by atoms with Gasteiger partial charge in [-0.2, -0.15) is 0 Å². The lowest BCUT2D eigenvalue weighted by atomic mass is 10.0. The lowest BCUT2D eigenvalue weighted by Gasteiger charge is -2.27. The molecule has 10 heteroatoms. The highest BCUT2D eigenvalue weighted by atomic mass is 31.2. The van der Waals surface area contributed by atoms with Crippen molar-refractivity contribution in [2.45, 2.75) is 335 Å². The monoisotopic (exact) mass is 1200 g/mol. The van der Waals surface area contributed by atoms with Crippen molar-refractivity contribution in [3.63, 3.8) is 0 Å². The molecule has 0 rings (SSSR count). The molecule has 0 saturated carbocycles. The molecule has 3 atom stereocenters. The van der Waals surface area contributed by atoms with Crippen molar-refractivity contribution in [3.05, 3.63) is 85.1 Å². The molecule has 0 fully saturated rings. The predicted octanol–water partition coefficient (Wildman–Crippen LogP) is 22.5. The Kier molecular flexibility index (Phi) is 61.1. The second kappa shape index (κ2) is 63.2. The maximum Gasteiger partial charge on any atom is 0.472 e. The van der Waals surface area contributed by atoms with Crippen LogP contribution in [-0.4, -0.2) is 74.3 Å². The summed E-state index contributed by atoms with van der Waals surface area (Å²) in [7, 11) is 1.49. The summed E-state index contributed by atoms with van der Waals surface area (Å²) in [6.45, 7) is 6.98. The number of esters is 1. The third-order valence-electron chi connectivity index (χ3n) is 15.6. The van der Waals surface area contributed by atoms with E-state index in [-0.39, 0.29) is 31.5 Å². The molecule has 0 heterocycles. The van der Waals surface area contributed by atoms with Gasteiger partial charge in [-0.15, -0.1) is 0 Å². The van der Waals surface area contributed by atoms with Gasteiger partial charge in [0.2, 0.25) is 5.91 Å². The average molecular weight is 1200 g/mol. The van der Waals surface area contributed by atoms with Gasteiger partial charge in [-0.05, 0) is 109 Å². The van der Waals surface area contributed by atoms with Crippen molar-refractivity contribution in [3.8, 4) is 0 Å². The van der Waals surface area contributed by atoms with Gasteiger partial charge in [-0.25, -0.2) is 4.57 Å².